The lowest BCUT2D eigenvalue weighted by atomic mass is 9.74. The fraction of sp³-hybridized carbons (Fsp3) is 0.611. The van der Waals surface area contributed by atoms with Gasteiger partial charge >= 0.3 is 0 Å². The van der Waals surface area contributed by atoms with E-state index in [0.29, 0.717) is 24.3 Å². The van der Waals surface area contributed by atoms with Gasteiger partial charge in [-0.1, -0.05) is 45.4 Å². The molecule has 3 N–H and O–H groups in total. The number of para-hydroxylation sites is 1. The van der Waals surface area contributed by atoms with E-state index < -0.39 is 0 Å². The van der Waals surface area contributed by atoms with Crippen LogP contribution < -0.4 is 11.1 Å². The molecule has 21 heavy (non-hydrogen) atoms. The summed E-state index contributed by atoms with van der Waals surface area (Å²) in [5, 5.41) is 3.71. The van der Waals surface area contributed by atoms with Gasteiger partial charge in [-0.05, 0) is 42.2 Å². The van der Waals surface area contributed by atoms with Gasteiger partial charge in [0.1, 0.15) is 0 Å². The number of primary amides is 1. The number of hydrogen-bond donors (Lipinski definition) is 2. The standard InChI is InChI=1S/C18H28N2O/c1-12(2)15-9-8-13(3)10-17(15)20-16-7-5-4-6-14(16)11-18(19)21/h4-7,12-13,15,17,20H,8-11H2,1-3H3,(H2,19,21). The number of rotatable bonds is 5. The van der Waals surface area contributed by atoms with Crippen molar-refractivity contribution in [1.82, 2.24) is 0 Å². The molecule has 0 saturated heterocycles. The molecule has 2 rings (SSSR count). The molecule has 0 aliphatic heterocycles. The lowest BCUT2D eigenvalue weighted by Crippen LogP contribution is -2.38. The Hall–Kier alpha value is -1.51. The van der Waals surface area contributed by atoms with Crippen LogP contribution in [0.15, 0.2) is 24.3 Å². The molecule has 1 amide bonds. The Balaban J connectivity index is 2.16. The molecule has 1 aliphatic carbocycles. The summed E-state index contributed by atoms with van der Waals surface area (Å²) in [6, 6.07) is 8.53. The van der Waals surface area contributed by atoms with Crippen LogP contribution >= 0.6 is 0 Å². The second kappa shape index (κ2) is 6.97. The molecule has 3 unspecified atom stereocenters. The Morgan fingerprint density at radius 2 is 2.05 bits per heavy atom. The van der Waals surface area contributed by atoms with Crippen LogP contribution in [0.5, 0.6) is 0 Å². The molecule has 0 aromatic heterocycles. The number of nitrogens with two attached hydrogens (primary N) is 1. The molecule has 116 valence electrons. The van der Waals surface area contributed by atoms with E-state index in [0.717, 1.165) is 17.2 Å². The van der Waals surface area contributed by atoms with E-state index in [1.54, 1.807) is 0 Å². The number of carbonyl (C=O) groups excluding carboxylic acids is 1. The topological polar surface area (TPSA) is 55.1 Å². The van der Waals surface area contributed by atoms with Crippen molar-refractivity contribution in [3.05, 3.63) is 29.8 Å². The van der Waals surface area contributed by atoms with Gasteiger partial charge < -0.3 is 11.1 Å². The van der Waals surface area contributed by atoms with E-state index >= 15 is 0 Å². The molecule has 1 aromatic rings. The van der Waals surface area contributed by atoms with E-state index in [1.807, 2.05) is 18.2 Å². The van der Waals surface area contributed by atoms with Gasteiger partial charge in [0.25, 0.3) is 0 Å². The summed E-state index contributed by atoms with van der Waals surface area (Å²) in [4.78, 5) is 11.2. The van der Waals surface area contributed by atoms with Gasteiger partial charge in [0.2, 0.25) is 5.91 Å². The van der Waals surface area contributed by atoms with Crippen LogP contribution in [-0.4, -0.2) is 11.9 Å². The third-order valence-electron chi connectivity index (χ3n) is 4.75. The highest BCUT2D eigenvalue weighted by Gasteiger charge is 2.30. The maximum Gasteiger partial charge on any atom is 0.221 e. The van der Waals surface area contributed by atoms with Gasteiger partial charge in [-0.2, -0.15) is 0 Å². The average molecular weight is 288 g/mol. The second-order valence-electron chi connectivity index (χ2n) is 6.88. The maximum absolute atomic E-state index is 11.2. The number of amides is 1. The van der Waals surface area contributed by atoms with Crippen LogP contribution in [0.25, 0.3) is 0 Å². The quantitative estimate of drug-likeness (QED) is 0.870. The zero-order valence-electron chi connectivity index (χ0n) is 13.4. The minimum absolute atomic E-state index is 0.276. The van der Waals surface area contributed by atoms with Gasteiger partial charge in [0.05, 0.1) is 6.42 Å². The highest BCUT2D eigenvalue weighted by atomic mass is 16.1. The molecule has 0 heterocycles. The highest BCUT2D eigenvalue weighted by Crippen LogP contribution is 2.35. The number of hydrogen-bond acceptors (Lipinski definition) is 2. The van der Waals surface area contributed by atoms with Crippen molar-refractivity contribution in [2.24, 2.45) is 23.5 Å². The van der Waals surface area contributed by atoms with E-state index in [9.17, 15) is 4.79 Å². The third-order valence-corrected chi connectivity index (χ3v) is 4.75. The molecular formula is C18H28N2O. The smallest absolute Gasteiger partial charge is 0.221 e. The Labute approximate surface area is 128 Å². The molecule has 1 fully saturated rings. The third kappa shape index (κ3) is 4.23. The SMILES string of the molecule is CC1CCC(C(C)C)C(Nc2ccccc2CC(N)=O)C1. The van der Waals surface area contributed by atoms with Crippen LogP contribution in [0, 0.1) is 17.8 Å². The molecule has 1 aromatic carbocycles. The molecule has 1 aliphatic rings. The highest BCUT2D eigenvalue weighted by molar-refractivity contribution is 5.78. The van der Waals surface area contributed by atoms with Crippen molar-refractivity contribution in [3.63, 3.8) is 0 Å². The summed E-state index contributed by atoms with van der Waals surface area (Å²) in [7, 11) is 0. The Bertz CT molecular complexity index is 484. The summed E-state index contributed by atoms with van der Waals surface area (Å²) in [6.07, 6.45) is 4.12. The lowest BCUT2D eigenvalue weighted by molar-refractivity contribution is -0.117. The van der Waals surface area contributed by atoms with Crippen molar-refractivity contribution in [2.75, 3.05) is 5.32 Å². The van der Waals surface area contributed by atoms with Crippen LogP contribution in [0.1, 0.15) is 45.6 Å². The average Bonchev–Trinajstić information content (AvgIpc) is 2.40. The Kier molecular flexibility index (Phi) is 5.27. The normalized spacial score (nSPS) is 25.8. The van der Waals surface area contributed by atoms with Gasteiger partial charge in [0, 0.05) is 11.7 Å². The first kappa shape index (κ1) is 15.9. The molecule has 0 bridgehead atoms. The van der Waals surface area contributed by atoms with Crippen LogP contribution in [0.4, 0.5) is 5.69 Å². The predicted molar refractivity (Wildman–Crippen MR) is 88.1 cm³/mol. The second-order valence-corrected chi connectivity index (χ2v) is 6.88. The summed E-state index contributed by atoms with van der Waals surface area (Å²) in [6.45, 7) is 6.95. The van der Waals surface area contributed by atoms with E-state index in [4.69, 9.17) is 5.73 Å². The van der Waals surface area contributed by atoms with Crippen LogP contribution in [0.2, 0.25) is 0 Å². The zero-order chi connectivity index (χ0) is 15.4. The van der Waals surface area contributed by atoms with Crippen molar-refractivity contribution in [1.29, 1.82) is 0 Å². The van der Waals surface area contributed by atoms with Crippen LogP contribution in [0.3, 0.4) is 0 Å². The lowest BCUT2D eigenvalue weighted by Gasteiger charge is -2.38. The summed E-state index contributed by atoms with van der Waals surface area (Å²) < 4.78 is 0. The Morgan fingerprint density at radius 1 is 1.33 bits per heavy atom. The van der Waals surface area contributed by atoms with Gasteiger partial charge in [-0.25, -0.2) is 0 Å². The van der Waals surface area contributed by atoms with Crippen molar-refractivity contribution < 1.29 is 4.79 Å². The molecule has 1 saturated carbocycles. The fourth-order valence-corrected chi connectivity index (χ4v) is 3.57. The minimum Gasteiger partial charge on any atom is -0.382 e. The fourth-order valence-electron chi connectivity index (χ4n) is 3.57. The first-order valence-electron chi connectivity index (χ1n) is 8.10. The molecule has 0 spiro atoms. The first-order chi connectivity index (χ1) is 9.97. The maximum atomic E-state index is 11.2. The van der Waals surface area contributed by atoms with Gasteiger partial charge in [0.15, 0.2) is 0 Å². The van der Waals surface area contributed by atoms with E-state index in [-0.39, 0.29) is 5.91 Å². The summed E-state index contributed by atoms with van der Waals surface area (Å²) in [5.74, 6) is 1.86. The molecule has 3 nitrogen and oxygen atoms in total. The first-order valence-corrected chi connectivity index (χ1v) is 8.10. The number of carbonyl (C=O) groups is 1. The summed E-state index contributed by atoms with van der Waals surface area (Å²) >= 11 is 0. The molecule has 0 radical (unpaired) electrons. The van der Waals surface area contributed by atoms with E-state index in [1.165, 1.54) is 19.3 Å². The number of nitrogens with one attached hydrogen (secondary N) is 1. The predicted octanol–water partition coefficient (Wildman–Crippen LogP) is 3.59. The molecule has 3 atom stereocenters. The van der Waals surface area contributed by atoms with Crippen LogP contribution in [-0.2, 0) is 11.2 Å². The Morgan fingerprint density at radius 3 is 2.71 bits per heavy atom. The zero-order valence-corrected chi connectivity index (χ0v) is 13.4. The monoisotopic (exact) mass is 288 g/mol. The van der Waals surface area contributed by atoms with Crippen molar-refractivity contribution >= 4 is 11.6 Å². The largest absolute Gasteiger partial charge is 0.382 e. The van der Waals surface area contributed by atoms with Gasteiger partial charge in [-0.3, -0.25) is 4.79 Å². The summed E-state index contributed by atoms with van der Waals surface area (Å²) in [5.41, 5.74) is 7.43. The van der Waals surface area contributed by atoms with E-state index in [2.05, 4.69) is 32.2 Å². The molecule has 3 heteroatoms. The molecular weight excluding hydrogens is 260 g/mol. The van der Waals surface area contributed by atoms with Gasteiger partial charge in [-0.15, -0.1) is 0 Å². The van der Waals surface area contributed by atoms with Crippen molar-refractivity contribution in [2.45, 2.75) is 52.5 Å². The number of benzene rings is 1. The minimum atomic E-state index is -0.276. The number of anilines is 1. The van der Waals surface area contributed by atoms with Crippen molar-refractivity contribution in [3.8, 4) is 0 Å².